The van der Waals surface area contributed by atoms with Crippen molar-refractivity contribution in [3.05, 3.63) is 18.2 Å². The molecule has 0 aromatic carbocycles. The van der Waals surface area contributed by atoms with Crippen LogP contribution in [0.5, 0.6) is 0 Å². The normalized spacial score (nSPS) is 12.1. The van der Waals surface area contributed by atoms with Gasteiger partial charge in [0.2, 0.25) is 5.91 Å². The smallest absolute Gasteiger partial charge is 0.229 e. The van der Waals surface area contributed by atoms with Gasteiger partial charge in [-0.3, -0.25) is 4.79 Å². The molecule has 0 saturated carbocycles. The van der Waals surface area contributed by atoms with Gasteiger partial charge in [0.25, 0.3) is 0 Å². The minimum Gasteiger partial charge on any atom is -0.393 e. The second-order valence-corrected chi connectivity index (χ2v) is 3.91. The van der Waals surface area contributed by atoms with Gasteiger partial charge in [0, 0.05) is 25.4 Å². The number of nitrogens with zero attached hydrogens (tertiary/aromatic N) is 1. The first-order valence-corrected chi connectivity index (χ1v) is 5.61. The number of aromatic amines is 1. The molecular weight excluding hydrogens is 224 g/mol. The molecule has 16 heavy (non-hydrogen) atoms. The van der Waals surface area contributed by atoms with E-state index in [1.807, 2.05) is 6.92 Å². The standard InChI is InChI=1S/C10H16N4OS/c1-2-7(9(11)16)10(15)14-4-3-8-12-5-6-13-8/h5-7H,2-4H2,1H3,(H2,11,16)(H,12,13)(H,14,15). The quantitative estimate of drug-likeness (QED) is 0.628. The van der Waals surface area contributed by atoms with Gasteiger partial charge < -0.3 is 16.0 Å². The van der Waals surface area contributed by atoms with Crippen molar-refractivity contribution in [2.45, 2.75) is 19.8 Å². The number of hydrogen-bond acceptors (Lipinski definition) is 3. The summed E-state index contributed by atoms with van der Waals surface area (Å²) in [6.45, 7) is 2.42. The van der Waals surface area contributed by atoms with E-state index >= 15 is 0 Å². The van der Waals surface area contributed by atoms with Crippen LogP contribution in [-0.2, 0) is 11.2 Å². The van der Waals surface area contributed by atoms with E-state index in [0.29, 0.717) is 19.4 Å². The fraction of sp³-hybridized carbons (Fsp3) is 0.500. The summed E-state index contributed by atoms with van der Waals surface area (Å²) < 4.78 is 0. The van der Waals surface area contributed by atoms with Gasteiger partial charge in [0.05, 0.1) is 10.9 Å². The number of carbonyl (C=O) groups excluding carboxylic acids is 1. The first-order valence-electron chi connectivity index (χ1n) is 5.20. The molecule has 0 radical (unpaired) electrons. The molecule has 0 spiro atoms. The molecule has 0 aliphatic rings. The number of H-pyrrole nitrogens is 1. The van der Waals surface area contributed by atoms with E-state index in [2.05, 4.69) is 15.3 Å². The maximum absolute atomic E-state index is 11.6. The van der Waals surface area contributed by atoms with E-state index < -0.39 is 0 Å². The number of nitrogens with one attached hydrogen (secondary N) is 2. The number of hydrogen-bond donors (Lipinski definition) is 3. The highest BCUT2D eigenvalue weighted by Crippen LogP contribution is 2.02. The van der Waals surface area contributed by atoms with E-state index in [1.54, 1.807) is 12.4 Å². The Labute approximate surface area is 99.8 Å². The lowest BCUT2D eigenvalue weighted by molar-refractivity contribution is -0.123. The molecule has 4 N–H and O–H groups in total. The van der Waals surface area contributed by atoms with Crippen molar-refractivity contribution in [2.24, 2.45) is 11.7 Å². The Kier molecular flexibility index (Phi) is 4.91. The van der Waals surface area contributed by atoms with E-state index in [9.17, 15) is 4.79 Å². The third kappa shape index (κ3) is 3.62. The summed E-state index contributed by atoms with van der Waals surface area (Å²) in [6, 6.07) is 0. The van der Waals surface area contributed by atoms with Crippen LogP contribution in [0.25, 0.3) is 0 Å². The zero-order valence-electron chi connectivity index (χ0n) is 9.19. The number of imidazole rings is 1. The van der Waals surface area contributed by atoms with Crippen LogP contribution >= 0.6 is 12.2 Å². The number of thiocarbonyl (C=S) groups is 1. The van der Waals surface area contributed by atoms with Crippen molar-refractivity contribution in [2.75, 3.05) is 6.54 Å². The van der Waals surface area contributed by atoms with Gasteiger partial charge in [0.1, 0.15) is 5.82 Å². The Balaban J connectivity index is 2.32. The molecule has 6 heteroatoms. The van der Waals surface area contributed by atoms with Gasteiger partial charge in [-0.1, -0.05) is 19.1 Å². The number of carbonyl (C=O) groups is 1. The topological polar surface area (TPSA) is 83.8 Å². The molecule has 88 valence electrons. The maximum Gasteiger partial charge on any atom is 0.229 e. The second kappa shape index (κ2) is 6.22. The van der Waals surface area contributed by atoms with Gasteiger partial charge in [0.15, 0.2) is 0 Å². The lowest BCUT2D eigenvalue weighted by Crippen LogP contribution is -2.38. The molecule has 1 aromatic rings. The number of amides is 1. The van der Waals surface area contributed by atoms with E-state index in [4.69, 9.17) is 18.0 Å². The summed E-state index contributed by atoms with van der Waals surface area (Å²) in [6.07, 6.45) is 4.73. The van der Waals surface area contributed by atoms with Crippen molar-refractivity contribution < 1.29 is 4.79 Å². The monoisotopic (exact) mass is 240 g/mol. The molecule has 5 nitrogen and oxygen atoms in total. The van der Waals surface area contributed by atoms with E-state index in [0.717, 1.165) is 5.82 Å². The highest BCUT2D eigenvalue weighted by atomic mass is 32.1. The van der Waals surface area contributed by atoms with Crippen LogP contribution in [-0.4, -0.2) is 27.4 Å². The van der Waals surface area contributed by atoms with Crippen molar-refractivity contribution in [3.63, 3.8) is 0 Å². The van der Waals surface area contributed by atoms with Gasteiger partial charge in [-0.2, -0.15) is 0 Å². The minimum atomic E-state index is -0.369. The third-order valence-electron chi connectivity index (χ3n) is 2.28. The van der Waals surface area contributed by atoms with Crippen molar-refractivity contribution in [1.29, 1.82) is 0 Å². The first-order chi connectivity index (χ1) is 7.65. The molecule has 1 amide bonds. The molecule has 1 aromatic heterocycles. The fourth-order valence-corrected chi connectivity index (χ4v) is 1.65. The lowest BCUT2D eigenvalue weighted by Gasteiger charge is -2.12. The SMILES string of the molecule is CCC(C(=O)NCCc1ncc[nH]1)C(N)=S. The Hall–Kier alpha value is -1.43. The zero-order chi connectivity index (χ0) is 12.0. The molecule has 0 saturated heterocycles. The van der Waals surface area contributed by atoms with Crippen LogP contribution < -0.4 is 11.1 Å². The van der Waals surface area contributed by atoms with E-state index in [1.165, 1.54) is 0 Å². The lowest BCUT2D eigenvalue weighted by atomic mass is 10.1. The molecule has 1 heterocycles. The minimum absolute atomic E-state index is 0.110. The molecule has 1 rings (SSSR count). The van der Waals surface area contributed by atoms with E-state index in [-0.39, 0.29) is 16.8 Å². The summed E-state index contributed by atoms with van der Waals surface area (Å²) in [5.74, 6) is 0.372. The Morgan fingerprint density at radius 2 is 2.50 bits per heavy atom. The third-order valence-corrected chi connectivity index (χ3v) is 2.57. The summed E-state index contributed by atoms with van der Waals surface area (Å²) in [5, 5.41) is 2.79. The Bertz CT molecular complexity index is 350. The molecule has 1 atom stereocenters. The highest BCUT2D eigenvalue weighted by molar-refractivity contribution is 7.80. The number of rotatable bonds is 6. The average molecular weight is 240 g/mol. The summed E-state index contributed by atoms with van der Waals surface area (Å²) in [4.78, 5) is 18.9. The van der Waals surface area contributed by atoms with Crippen LogP contribution in [0.2, 0.25) is 0 Å². The first kappa shape index (κ1) is 12.6. The summed E-state index contributed by atoms with van der Waals surface area (Å²) in [5.41, 5.74) is 5.47. The Morgan fingerprint density at radius 1 is 1.75 bits per heavy atom. The van der Waals surface area contributed by atoms with Gasteiger partial charge in [-0.15, -0.1) is 0 Å². The van der Waals surface area contributed by atoms with Gasteiger partial charge in [-0.25, -0.2) is 4.98 Å². The average Bonchev–Trinajstić information content (AvgIpc) is 2.71. The summed E-state index contributed by atoms with van der Waals surface area (Å²) >= 11 is 4.82. The Morgan fingerprint density at radius 3 is 3.00 bits per heavy atom. The molecule has 0 bridgehead atoms. The van der Waals surface area contributed by atoms with Crippen LogP contribution in [0.1, 0.15) is 19.2 Å². The van der Waals surface area contributed by atoms with Crippen molar-refractivity contribution in [1.82, 2.24) is 15.3 Å². The maximum atomic E-state index is 11.6. The van der Waals surface area contributed by atoms with Crippen LogP contribution in [0, 0.1) is 5.92 Å². The molecule has 0 aliphatic carbocycles. The van der Waals surface area contributed by atoms with Crippen LogP contribution in [0.4, 0.5) is 0 Å². The predicted molar refractivity (Wildman–Crippen MR) is 65.9 cm³/mol. The summed E-state index contributed by atoms with van der Waals surface area (Å²) in [7, 11) is 0. The zero-order valence-corrected chi connectivity index (χ0v) is 10.0. The predicted octanol–water partition coefficient (Wildman–Crippen LogP) is 0.381. The van der Waals surface area contributed by atoms with Crippen molar-refractivity contribution in [3.8, 4) is 0 Å². The van der Waals surface area contributed by atoms with Crippen LogP contribution in [0.3, 0.4) is 0 Å². The second-order valence-electron chi connectivity index (χ2n) is 3.44. The van der Waals surface area contributed by atoms with Crippen molar-refractivity contribution >= 4 is 23.1 Å². The number of nitrogens with two attached hydrogens (primary N) is 1. The van der Waals surface area contributed by atoms with Gasteiger partial charge in [-0.05, 0) is 6.42 Å². The fourth-order valence-electron chi connectivity index (χ4n) is 1.38. The molecule has 0 fully saturated rings. The van der Waals surface area contributed by atoms with Crippen LogP contribution in [0.15, 0.2) is 12.4 Å². The highest BCUT2D eigenvalue weighted by Gasteiger charge is 2.18. The molecular formula is C10H16N4OS. The largest absolute Gasteiger partial charge is 0.393 e. The van der Waals surface area contributed by atoms with Gasteiger partial charge >= 0.3 is 0 Å². The molecule has 1 unspecified atom stereocenters. The molecule has 0 aliphatic heterocycles. The number of aromatic nitrogens is 2.